The fourth-order valence-electron chi connectivity index (χ4n) is 2.41. The van der Waals surface area contributed by atoms with Crippen molar-refractivity contribution < 1.29 is 5.11 Å². The first kappa shape index (κ1) is 12.9. The minimum Gasteiger partial charge on any atom is -0.395 e. The van der Waals surface area contributed by atoms with Crippen molar-refractivity contribution in [3.63, 3.8) is 0 Å². The van der Waals surface area contributed by atoms with Gasteiger partial charge in [-0.25, -0.2) is 0 Å². The highest BCUT2D eigenvalue weighted by molar-refractivity contribution is 4.81. The summed E-state index contributed by atoms with van der Waals surface area (Å²) in [5.74, 6) is 0. The summed E-state index contributed by atoms with van der Waals surface area (Å²) in [5, 5.41) is 8.88. The molecule has 0 saturated carbocycles. The molecule has 15 heavy (non-hydrogen) atoms. The maximum absolute atomic E-state index is 8.88. The smallest absolute Gasteiger partial charge is 0.0595 e. The summed E-state index contributed by atoms with van der Waals surface area (Å²) < 4.78 is 0. The number of rotatable bonds is 6. The number of nitrogens with zero attached hydrogens (tertiary/aromatic N) is 2. The molecule has 0 amide bonds. The standard InChI is InChI=1S/C11H25N3O/c1-3-14-6-4-5-11(14)8-13(2)7-10(12)9-15/h10-11,15H,3-9,12H2,1-2H3. The largest absolute Gasteiger partial charge is 0.395 e. The van der Waals surface area contributed by atoms with Gasteiger partial charge in [-0.1, -0.05) is 6.92 Å². The van der Waals surface area contributed by atoms with Crippen molar-refractivity contribution in [3.05, 3.63) is 0 Å². The van der Waals surface area contributed by atoms with E-state index in [1.807, 2.05) is 0 Å². The number of likely N-dealkylation sites (tertiary alicyclic amines) is 1. The van der Waals surface area contributed by atoms with Gasteiger partial charge in [-0.3, -0.25) is 4.90 Å². The molecule has 1 heterocycles. The van der Waals surface area contributed by atoms with Gasteiger partial charge in [0.2, 0.25) is 0 Å². The van der Waals surface area contributed by atoms with Crippen LogP contribution in [0.4, 0.5) is 0 Å². The lowest BCUT2D eigenvalue weighted by molar-refractivity contribution is 0.175. The summed E-state index contributed by atoms with van der Waals surface area (Å²) in [7, 11) is 2.08. The molecular formula is C11H25N3O. The molecule has 2 unspecified atom stereocenters. The molecule has 1 rings (SSSR count). The fourth-order valence-corrected chi connectivity index (χ4v) is 2.41. The Morgan fingerprint density at radius 1 is 1.60 bits per heavy atom. The normalized spacial score (nSPS) is 25.0. The average molecular weight is 215 g/mol. The van der Waals surface area contributed by atoms with Crippen LogP contribution < -0.4 is 5.73 Å². The Kier molecular flexibility index (Phi) is 5.53. The van der Waals surface area contributed by atoms with E-state index in [-0.39, 0.29) is 12.6 Å². The SMILES string of the molecule is CCN1CCCC1CN(C)CC(N)CO. The molecule has 0 spiro atoms. The Labute approximate surface area is 93.0 Å². The maximum Gasteiger partial charge on any atom is 0.0595 e. The van der Waals surface area contributed by atoms with Crippen molar-refractivity contribution in [3.8, 4) is 0 Å². The van der Waals surface area contributed by atoms with E-state index in [9.17, 15) is 0 Å². The predicted molar refractivity (Wildman–Crippen MR) is 62.8 cm³/mol. The van der Waals surface area contributed by atoms with Crippen LogP contribution in [0.5, 0.6) is 0 Å². The third-order valence-corrected chi connectivity index (χ3v) is 3.21. The van der Waals surface area contributed by atoms with Crippen molar-refractivity contribution in [1.29, 1.82) is 0 Å². The molecule has 0 aromatic heterocycles. The zero-order valence-electron chi connectivity index (χ0n) is 10.0. The number of aliphatic hydroxyl groups excluding tert-OH is 1. The number of hydrogen-bond donors (Lipinski definition) is 2. The maximum atomic E-state index is 8.88. The molecule has 0 radical (unpaired) electrons. The molecule has 4 nitrogen and oxygen atoms in total. The lowest BCUT2D eigenvalue weighted by Crippen LogP contribution is -2.44. The van der Waals surface area contributed by atoms with Gasteiger partial charge in [-0.2, -0.15) is 0 Å². The van der Waals surface area contributed by atoms with Gasteiger partial charge < -0.3 is 15.7 Å². The molecule has 1 aliphatic heterocycles. The van der Waals surface area contributed by atoms with E-state index in [0.717, 1.165) is 19.6 Å². The number of aliphatic hydroxyl groups is 1. The minimum absolute atomic E-state index is 0.0759. The highest BCUT2D eigenvalue weighted by Crippen LogP contribution is 2.17. The van der Waals surface area contributed by atoms with E-state index in [4.69, 9.17) is 10.8 Å². The first-order valence-corrected chi connectivity index (χ1v) is 5.96. The molecule has 0 bridgehead atoms. The Morgan fingerprint density at radius 3 is 2.93 bits per heavy atom. The Morgan fingerprint density at radius 2 is 2.33 bits per heavy atom. The molecule has 0 aromatic carbocycles. The second-order valence-electron chi connectivity index (χ2n) is 4.59. The Hall–Kier alpha value is -0.160. The Bertz CT molecular complexity index is 177. The van der Waals surface area contributed by atoms with Gasteiger partial charge in [-0.05, 0) is 33.0 Å². The summed E-state index contributed by atoms with van der Waals surface area (Å²) in [6.45, 7) is 6.53. The van der Waals surface area contributed by atoms with E-state index in [1.165, 1.54) is 19.4 Å². The quantitative estimate of drug-likeness (QED) is 0.640. The Balaban J connectivity index is 2.27. The molecule has 4 heteroatoms. The fraction of sp³-hybridized carbons (Fsp3) is 1.00. The first-order chi connectivity index (χ1) is 7.17. The summed E-state index contributed by atoms with van der Waals surface area (Å²) in [5.41, 5.74) is 5.71. The van der Waals surface area contributed by atoms with E-state index < -0.39 is 0 Å². The third-order valence-electron chi connectivity index (χ3n) is 3.21. The van der Waals surface area contributed by atoms with Crippen LogP contribution >= 0.6 is 0 Å². The molecule has 3 N–H and O–H groups in total. The van der Waals surface area contributed by atoms with Crippen molar-refractivity contribution in [1.82, 2.24) is 9.80 Å². The summed E-state index contributed by atoms with van der Waals surface area (Å²) >= 11 is 0. The van der Waals surface area contributed by atoms with Crippen LogP contribution in [0.15, 0.2) is 0 Å². The molecule has 1 fully saturated rings. The van der Waals surface area contributed by atoms with E-state index >= 15 is 0 Å². The third kappa shape index (κ3) is 4.07. The van der Waals surface area contributed by atoms with Gasteiger partial charge in [0, 0.05) is 25.2 Å². The topological polar surface area (TPSA) is 52.7 Å². The van der Waals surface area contributed by atoms with Crippen LogP contribution in [0.1, 0.15) is 19.8 Å². The van der Waals surface area contributed by atoms with E-state index in [2.05, 4.69) is 23.8 Å². The summed E-state index contributed by atoms with van der Waals surface area (Å²) in [6, 6.07) is 0.581. The van der Waals surface area contributed by atoms with Crippen LogP contribution in [-0.2, 0) is 0 Å². The lowest BCUT2D eigenvalue weighted by Gasteiger charge is -2.28. The number of likely N-dealkylation sites (N-methyl/N-ethyl adjacent to an activating group) is 2. The van der Waals surface area contributed by atoms with Gasteiger partial charge in [-0.15, -0.1) is 0 Å². The minimum atomic E-state index is -0.105. The van der Waals surface area contributed by atoms with Crippen LogP contribution in [0.2, 0.25) is 0 Å². The molecule has 2 atom stereocenters. The van der Waals surface area contributed by atoms with Crippen LogP contribution in [0.25, 0.3) is 0 Å². The second-order valence-corrected chi connectivity index (χ2v) is 4.59. The molecule has 90 valence electrons. The van der Waals surface area contributed by atoms with Gasteiger partial charge in [0.1, 0.15) is 0 Å². The number of nitrogens with two attached hydrogens (primary N) is 1. The van der Waals surface area contributed by atoms with Crippen molar-refractivity contribution in [2.45, 2.75) is 31.8 Å². The molecule has 1 saturated heterocycles. The summed E-state index contributed by atoms with van der Waals surface area (Å²) in [4.78, 5) is 4.76. The highest BCUT2D eigenvalue weighted by atomic mass is 16.3. The van der Waals surface area contributed by atoms with Gasteiger partial charge in [0.25, 0.3) is 0 Å². The lowest BCUT2D eigenvalue weighted by atomic mass is 10.2. The zero-order chi connectivity index (χ0) is 11.3. The predicted octanol–water partition coefficient (Wildman–Crippen LogP) is -0.278. The number of hydrogen-bond acceptors (Lipinski definition) is 4. The van der Waals surface area contributed by atoms with Crippen LogP contribution in [0.3, 0.4) is 0 Å². The highest BCUT2D eigenvalue weighted by Gasteiger charge is 2.24. The second kappa shape index (κ2) is 6.43. The van der Waals surface area contributed by atoms with E-state index in [0.29, 0.717) is 6.04 Å². The van der Waals surface area contributed by atoms with Gasteiger partial charge in [0.05, 0.1) is 6.61 Å². The zero-order valence-corrected chi connectivity index (χ0v) is 10.0. The molecule has 0 aliphatic carbocycles. The van der Waals surface area contributed by atoms with Crippen molar-refractivity contribution >= 4 is 0 Å². The monoisotopic (exact) mass is 215 g/mol. The molecular weight excluding hydrogens is 190 g/mol. The first-order valence-electron chi connectivity index (χ1n) is 5.96. The molecule has 1 aliphatic rings. The van der Waals surface area contributed by atoms with Crippen LogP contribution in [-0.4, -0.2) is 66.8 Å². The van der Waals surface area contributed by atoms with Crippen molar-refractivity contribution in [2.75, 3.05) is 39.8 Å². The van der Waals surface area contributed by atoms with Crippen LogP contribution in [0, 0.1) is 0 Å². The van der Waals surface area contributed by atoms with Crippen molar-refractivity contribution in [2.24, 2.45) is 5.73 Å². The van der Waals surface area contributed by atoms with Gasteiger partial charge >= 0.3 is 0 Å². The van der Waals surface area contributed by atoms with E-state index in [1.54, 1.807) is 0 Å². The molecule has 0 aromatic rings. The average Bonchev–Trinajstić information content (AvgIpc) is 2.64. The summed E-state index contributed by atoms with van der Waals surface area (Å²) in [6.07, 6.45) is 2.62. The van der Waals surface area contributed by atoms with Gasteiger partial charge in [0.15, 0.2) is 0 Å².